The Bertz CT molecular complexity index is 434. The first kappa shape index (κ1) is 9.23. The Morgan fingerprint density at radius 2 is 1.44 bits per heavy atom. The van der Waals surface area contributed by atoms with Gasteiger partial charge in [0.1, 0.15) is 12.2 Å². The second-order valence-corrected chi connectivity index (χ2v) is 5.18. The molecule has 2 bridgehead atoms. The van der Waals surface area contributed by atoms with E-state index in [1.807, 2.05) is 12.1 Å². The Morgan fingerprint density at radius 3 is 1.94 bits per heavy atom. The second kappa shape index (κ2) is 3.10. The Morgan fingerprint density at radius 1 is 0.875 bits per heavy atom. The predicted molar refractivity (Wildman–Crippen MR) is 60.1 cm³/mol. The van der Waals surface area contributed by atoms with Crippen LogP contribution in [0.15, 0.2) is 36.4 Å². The molecule has 4 aliphatic rings. The van der Waals surface area contributed by atoms with Gasteiger partial charge in [0.15, 0.2) is 0 Å². The number of halogens is 1. The first-order valence-corrected chi connectivity index (χ1v) is 5.98. The topological polar surface area (TPSA) is 18.5 Å². The molecule has 82 valence electrons. The van der Waals surface area contributed by atoms with Crippen molar-refractivity contribution in [1.82, 2.24) is 0 Å². The van der Waals surface area contributed by atoms with E-state index in [4.69, 9.17) is 21.4 Å². The van der Waals surface area contributed by atoms with Gasteiger partial charge in [0.25, 0.3) is 0 Å². The van der Waals surface area contributed by atoms with Gasteiger partial charge in [-0.15, -0.1) is 0 Å². The number of rotatable bonds is 1. The highest BCUT2D eigenvalue weighted by atomic mass is 35.5. The second-order valence-electron chi connectivity index (χ2n) is 4.74. The quantitative estimate of drug-likeness (QED) is 0.550. The van der Waals surface area contributed by atoms with E-state index in [1.165, 1.54) is 5.56 Å². The molecule has 2 nitrogen and oxygen atoms in total. The maximum absolute atomic E-state index is 5.90. The Labute approximate surface area is 98.7 Å². The molecule has 2 aliphatic carbocycles. The van der Waals surface area contributed by atoms with Crippen LogP contribution < -0.4 is 0 Å². The lowest BCUT2D eigenvalue weighted by Crippen LogP contribution is -2.32. The number of fused-ring (bicyclic) bond motifs is 1. The average molecular weight is 235 g/mol. The molecule has 0 amide bonds. The van der Waals surface area contributed by atoms with Crippen LogP contribution >= 0.6 is 11.6 Å². The molecule has 5 atom stereocenters. The summed E-state index contributed by atoms with van der Waals surface area (Å²) >= 11 is 5.90. The van der Waals surface area contributed by atoms with Crippen LogP contribution in [-0.2, 0) is 9.78 Å². The van der Waals surface area contributed by atoms with Gasteiger partial charge in [-0.1, -0.05) is 35.9 Å². The highest BCUT2D eigenvalue weighted by Gasteiger charge is 2.63. The molecule has 1 aromatic carbocycles. The summed E-state index contributed by atoms with van der Waals surface area (Å²) in [5, 5.41) is 0.793. The minimum atomic E-state index is 0.149. The summed E-state index contributed by atoms with van der Waals surface area (Å²) in [5.41, 5.74) is 1.35. The van der Waals surface area contributed by atoms with E-state index in [0.717, 1.165) is 5.02 Å². The van der Waals surface area contributed by atoms with Crippen LogP contribution in [0, 0.1) is 11.8 Å². The van der Waals surface area contributed by atoms with Crippen LogP contribution in [0.4, 0.5) is 0 Å². The van der Waals surface area contributed by atoms with E-state index >= 15 is 0 Å². The van der Waals surface area contributed by atoms with Gasteiger partial charge in [0.05, 0.1) is 0 Å². The predicted octanol–water partition coefficient (Wildman–Crippen LogP) is 2.94. The fourth-order valence-electron chi connectivity index (χ4n) is 3.13. The normalized spacial score (nSPS) is 43.2. The summed E-state index contributed by atoms with van der Waals surface area (Å²) in [6.45, 7) is 0. The van der Waals surface area contributed by atoms with Gasteiger partial charge in [0.2, 0.25) is 0 Å². The van der Waals surface area contributed by atoms with Gasteiger partial charge in [-0.05, 0) is 23.6 Å². The van der Waals surface area contributed by atoms with E-state index in [-0.39, 0.29) is 12.2 Å². The summed E-state index contributed by atoms with van der Waals surface area (Å²) in [5.74, 6) is 1.78. The summed E-state index contributed by atoms with van der Waals surface area (Å²) in [6.07, 6.45) is 4.56. The lowest BCUT2D eigenvalue weighted by molar-refractivity contribution is -0.364. The van der Waals surface area contributed by atoms with Crippen molar-refractivity contribution in [2.45, 2.75) is 18.1 Å². The fraction of sp³-hybridized carbons (Fsp3) is 0.385. The molecule has 5 rings (SSSR count). The molecule has 1 aromatic rings. The molecule has 2 aliphatic heterocycles. The molecule has 1 saturated carbocycles. The first-order valence-electron chi connectivity index (χ1n) is 5.60. The van der Waals surface area contributed by atoms with E-state index in [0.29, 0.717) is 17.8 Å². The van der Waals surface area contributed by atoms with E-state index in [2.05, 4.69) is 24.3 Å². The van der Waals surface area contributed by atoms with Gasteiger partial charge in [-0.3, -0.25) is 0 Å². The molecular formula is C13H11ClO2. The molecule has 1 unspecified atom stereocenters. The molecular weight excluding hydrogens is 224 g/mol. The number of benzene rings is 1. The third-order valence-electron chi connectivity index (χ3n) is 3.91. The lowest BCUT2D eigenvalue weighted by Gasteiger charge is -2.28. The molecule has 0 aromatic heterocycles. The zero-order chi connectivity index (χ0) is 10.7. The minimum absolute atomic E-state index is 0.149. The molecule has 16 heavy (non-hydrogen) atoms. The molecule has 1 saturated heterocycles. The molecule has 3 heteroatoms. The van der Waals surface area contributed by atoms with Gasteiger partial charge >= 0.3 is 0 Å². The molecule has 0 radical (unpaired) electrons. The van der Waals surface area contributed by atoms with Crippen LogP contribution in [0.2, 0.25) is 5.02 Å². The van der Waals surface area contributed by atoms with E-state index < -0.39 is 0 Å². The van der Waals surface area contributed by atoms with Gasteiger partial charge in [0, 0.05) is 16.9 Å². The van der Waals surface area contributed by atoms with Gasteiger partial charge < -0.3 is 0 Å². The Hall–Kier alpha value is -0.830. The molecule has 0 N–H and O–H groups in total. The summed E-state index contributed by atoms with van der Waals surface area (Å²) < 4.78 is 0. The van der Waals surface area contributed by atoms with Crippen molar-refractivity contribution >= 4 is 11.6 Å². The zero-order valence-electron chi connectivity index (χ0n) is 8.55. The standard InChI is InChI=1S/C13H11ClO2/c14-8-3-1-7(2-4-8)11-12-9-5-6-10(13(11)12)16-15-9/h1-6,9-13H/t9-,10+,11?,12-,13-/m1/s1. The highest BCUT2D eigenvalue weighted by molar-refractivity contribution is 6.30. The SMILES string of the molecule is Clc1ccc(C2[C@@H]3[C@@H]2[C@H]2C=C[C@@H]3OO2)cc1. The summed E-state index contributed by atoms with van der Waals surface area (Å²) in [7, 11) is 0. The van der Waals surface area contributed by atoms with E-state index in [9.17, 15) is 0 Å². The van der Waals surface area contributed by atoms with Gasteiger partial charge in [-0.25, -0.2) is 9.78 Å². The zero-order valence-corrected chi connectivity index (χ0v) is 9.30. The summed E-state index contributed by atoms with van der Waals surface area (Å²) in [4.78, 5) is 10.6. The minimum Gasteiger partial charge on any atom is -0.228 e. The van der Waals surface area contributed by atoms with Crippen molar-refractivity contribution in [3.8, 4) is 0 Å². The third-order valence-corrected chi connectivity index (χ3v) is 4.17. The fourth-order valence-corrected chi connectivity index (χ4v) is 3.26. The van der Waals surface area contributed by atoms with Gasteiger partial charge in [-0.2, -0.15) is 0 Å². The van der Waals surface area contributed by atoms with Crippen LogP contribution in [0.1, 0.15) is 11.5 Å². The largest absolute Gasteiger partial charge is 0.228 e. The first-order chi connectivity index (χ1) is 7.84. The lowest BCUT2D eigenvalue weighted by atomic mass is 10.0. The monoisotopic (exact) mass is 234 g/mol. The van der Waals surface area contributed by atoms with Crippen molar-refractivity contribution < 1.29 is 9.78 Å². The maximum Gasteiger partial charge on any atom is 0.115 e. The van der Waals surface area contributed by atoms with Crippen LogP contribution in [0.3, 0.4) is 0 Å². The third kappa shape index (κ3) is 1.15. The highest BCUT2D eigenvalue weighted by Crippen LogP contribution is 2.63. The average Bonchev–Trinajstić information content (AvgIpc) is 3.09. The number of hydrogen-bond acceptors (Lipinski definition) is 2. The van der Waals surface area contributed by atoms with Crippen molar-refractivity contribution in [1.29, 1.82) is 0 Å². The van der Waals surface area contributed by atoms with Crippen LogP contribution in [0.5, 0.6) is 0 Å². The number of hydrogen-bond donors (Lipinski definition) is 0. The summed E-state index contributed by atoms with van der Waals surface area (Å²) in [6, 6.07) is 8.14. The molecule has 2 fully saturated rings. The Balaban J connectivity index is 1.66. The Kier molecular flexibility index (Phi) is 1.79. The smallest absolute Gasteiger partial charge is 0.115 e. The van der Waals surface area contributed by atoms with E-state index in [1.54, 1.807) is 0 Å². The maximum atomic E-state index is 5.90. The molecule has 2 heterocycles. The molecule has 0 spiro atoms. The van der Waals surface area contributed by atoms with Crippen molar-refractivity contribution in [3.63, 3.8) is 0 Å². The van der Waals surface area contributed by atoms with Crippen molar-refractivity contribution in [3.05, 3.63) is 47.0 Å². The van der Waals surface area contributed by atoms with Crippen LogP contribution in [-0.4, -0.2) is 12.2 Å². The van der Waals surface area contributed by atoms with Crippen molar-refractivity contribution in [2.75, 3.05) is 0 Å². The van der Waals surface area contributed by atoms with Crippen LogP contribution in [0.25, 0.3) is 0 Å². The van der Waals surface area contributed by atoms with Crippen molar-refractivity contribution in [2.24, 2.45) is 11.8 Å².